The number of nitrogens with one attached hydrogen (secondary N) is 1. The second-order valence-electron chi connectivity index (χ2n) is 5.10. The summed E-state index contributed by atoms with van der Waals surface area (Å²) in [6.07, 6.45) is 0. The first kappa shape index (κ1) is 12.1. The number of fused-ring (bicyclic) bond motifs is 1. The minimum atomic E-state index is -1.34. The molecule has 0 radical (unpaired) electrons. The lowest BCUT2D eigenvalue weighted by Gasteiger charge is -2.46. The number of rotatable bonds is 2. The summed E-state index contributed by atoms with van der Waals surface area (Å²) >= 11 is 0. The molecule has 98 valence electrons. The summed E-state index contributed by atoms with van der Waals surface area (Å²) in [6, 6.07) is 8.27. The molecule has 0 saturated carbocycles. The number of nitrogens with zero attached hydrogens (tertiary/aromatic N) is 2. The zero-order chi connectivity index (χ0) is 12.6. The van der Waals surface area contributed by atoms with Crippen LogP contribution in [-0.2, 0) is 13.1 Å². The normalized spacial score (nSPS) is 29.4. The van der Waals surface area contributed by atoms with Crippen LogP contribution in [0.5, 0.6) is 0 Å². The fourth-order valence-electron chi connectivity index (χ4n) is 3.03. The van der Waals surface area contributed by atoms with E-state index in [2.05, 4.69) is 17.4 Å². The summed E-state index contributed by atoms with van der Waals surface area (Å²) in [6.45, 7) is 6.26. The predicted molar refractivity (Wildman–Crippen MR) is 69.6 cm³/mol. The molecule has 0 aliphatic carbocycles. The summed E-state index contributed by atoms with van der Waals surface area (Å²) in [5.74, 6) is -1.34. The van der Waals surface area contributed by atoms with E-state index >= 15 is 4.39 Å². The summed E-state index contributed by atoms with van der Waals surface area (Å²) in [7, 11) is 0. The Labute approximate surface area is 108 Å². The summed E-state index contributed by atoms with van der Waals surface area (Å²) in [5, 5.41) is 3.18. The van der Waals surface area contributed by atoms with E-state index in [4.69, 9.17) is 0 Å². The van der Waals surface area contributed by atoms with Gasteiger partial charge in [-0.05, 0) is 17.7 Å². The maximum Gasteiger partial charge on any atom is 0.233 e. The fraction of sp³-hybridized carbons (Fsp3) is 0.571. The van der Waals surface area contributed by atoms with Crippen molar-refractivity contribution in [2.24, 2.45) is 0 Å². The van der Waals surface area contributed by atoms with Crippen molar-refractivity contribution >= 4 is 0 Å². The zero-order valence-electron chi connectivity index (χ0n) is 10.8. The number of halogens is 1. The van der Waals surface area contributed by atoms with E-state index in [0.717, 1.165) is 19.6 Å². The highest BCUT2D eigenvalue weighted by Gasteiger charge is 2.45. The van der Waals surface area contributed by atoms with Gasteiger partial charge < -0.3 is 5.32 Å². The Morgan fingerprint density at radius 2 is 1.94 bits per heavy atom. The minimum absolute atomic E-state index is 0.398. The number of hydrogen-bond donors (Lipinski definition) is 1. The largest absolute Gasteiger partial charge is 0.310 e. The number of likely N-dealkylation sites (N-methyl/N-ethyl adjacent to an activating group) is 1. The fourth-order valence-corrected chi connectivity index (χ4v) is 3.03. The smallest absolute Gasteiger partial charge is 0.233 e. The third-order valence-corrected chi connectivity index (χ3v) is 4.10. The Morgan fingerprint density at radius 1 is 1.28 bits per heavy atom. The van der Waals surface area contributed by atoms with Crippen LogP contribution >= 0.6 is 0 Å². The minimum Gasteiger partial charge on any atom is -0.310 e. The first-order chi connectivity index (χ1) is 8.74. The highest BCUT2D eigenvalue weighted by Crippen LogP contribution is 2.33. The first-order valence-corrected chi connectivity index (χ1v) is 6.70. The molecule has 0 aromatic heterocycles. The van der Waals surface area contributed by atoms with E-state index in [-0.39, 0.29) is 0 Å². The van der Waals surface area contributed by atoms with E-state index in [1.54, 1.807) is 0 Å². The molecule has 2 aliphatic rings. The highest BCUT2D eigenvalue weighted by molar-refractivity contribution is 5.30. The molecule has 1 aromatic carbocycles. The predicted octanol–water partition coefficient (Wildman–Crippen LogP) is 1.55. The third kappa shape index (κ3) is 1.85. The van der Waals surface area contributed by atoms with Gasteiger partial charge in [0.1, 0.15) is 0 Å². The van der Waals surface area contributed by atoms with Gasteiger partial charge in [0.05, 0.1) is 6.54 Å². The lowest BCUT2D eigenvalue weighted by molar-refractivity contribution is -0.171. The van der Waals surface area contributed by atoms with Crippen LogP contribution in [0.15, 0.2) is 24.3 Å². The second kappa shape index (κ2) is 4.61. The van der Waals surface area contributed by atoms with Crippen molar-refractivity contribution in [3.63, 3.8) is 0 Å². The van der Waals surface area contributed by atoms with Crippen molar-refractivity contribution in [3.8, 4) is 0 Å². The number of benzene rings is 1. The van der Waals surface area contributed by atoms with Gasteiger partial charge >= 0.3 is 0 Å². The van der Waals surface area contributed by atoms with Crippen molar-refractivity contribution in [3.05, 3.63) is 35.4 Å². The Bertz CT molecular complexity index is 412. The first-order valence-electron chi connectivity index (χ1n) is 6.70. The summed E-state index contributed by atoms with van der Waals surface area (Å²) in [5.41, 5.74) is 2.52. The Kier molecular flexibility index (Phi) is 3.09. The van der Waals surface area contributed by atoms with Crippen LogP contribution in [-0.4, -0.2) is 41.9 Å². The summed E-state index contributed by atoms with van der Waals surface area (Å²) < 4.78 is 15.3. The molecule has 2 heterocycles. The van der Waals surface area contributed by atoms with Crippen LogP contribution in [0.1, 0.15) is 18.1 Å². The molecule has 3 rings (SSSR count). The molecule has 1 atom stereocenters. The second-order valence-corrected chi connectivity index (χ2v) is 5.10. The van der Waals surface area contributed by atoms with Crippen molar-refractivity contribution in [1.82, 2.24) is 15.1 Å². The van der Waals surface area contributed by atoms with Crippen LogP contribution < -0.4 is 5.32 Å². The molecule has 2 aliphatic heterocycles. The molecule has 3 nitrogen and oxygen atoms in total. The molecule has 0 bridgehead atoms. The van der Waals surface area contributed by atoms with Crippen molar-refractivity contribution in [2.75, 3.05) is 26.2 Å². The van der Waals surface area contributed by atoms with Gasteiger partial charge in [0.2, 0.25) is 5.92 Å². The van der Waals surface area contributed by atoms with E-state index in [9.17, 15) is 0 Å². The van der Waals surface area contributed by atoms with Crippen LogP contribution in [0.4, 0.5) is 4.39 Å². The van der Waals surface area contributed by atoms with Gasteiger partial charge in [-0.1, -0.05) is 31.2 Å². The van der Waals surface area contributed by atoms with Crippen molar-refractivity contribution in [2.45, 2.75) is 25.9 Å². The molecule has 1 unspecified atom stereocenters. The molecule has 0 amide bonds. The number of hydrogen-bond acceptors (Lipinski definition) is 3. The lowest BCUT2D eigenvalue weighted by atomic mass is 10.1. The highest BCUT2D eigenvalue weighted by atomic mass is 19.2. The standard InChI is InChI=1S/C14H20FN3/c1-2-17-8-7-16-11-14(17,15)18-9-12-5-3-4-6-13(12)10-18/h3-6,16H,2,7-11H2,1H3. The third-order valence-electron chi connectivity index (χ3n) is 4.10. The molecule has 1 aromatic rings. The zero-order valence-corrected chi connectivity index (χ0v) is 10.8. The van der Waals surface area contributed by atoms with Crippen molar-refractivity contribution < 1.29 is 4.39 Å². The molecule has 1 saturated heterocycles. The SMILES string of the molecule is CCN1CCNCC1(F)N1Cc2ccccc2C1. The molecule has 18 heavy (non-hydrogen) atoms. The van der Waals surface area contributed by atoms with Gasteiger partial charge in [-0.15, -0.1) is 0 Å². The van der Waals surface area contributed by atoms with Crippen LogP contribution in [0.25, 0.3) is 0 Å². The quantitative estimate of drug-likeness (QED) is 0.802. The Morgan fingerprint density at radius 3 is 2.56 bits per heavy atom. The topological polar surface area (TPSA) is 18.5 Å². The average molecular weight is 249 g/mol. The monoisotopic (exact) mass is 249 g/mol. The Hall–Kier alpha value is -0.970. The summed E-state index contributed by atoms with van der Waals surface area (Å²) in [4.78, 5) is 3.89. The van der Waals surface area contributed by atoms with E-state index in [0.29, 0.717) is 19.6 Å². The van der Waals surface area contributed by atoms with Gasteiger partial charge in [0.25, 0.3) is 0 Å². The van der Waals surface area contributed by atoms with Gasteiger partial charge in [-0.3, -0.25) is 4.90 Å². The maximum atomic E-state index is 15.3. The lowest BCUT2D eigenvalue weighted by Crippen LogP contribution is -2.65. The maximum absolute atomic E-state index is 15.3. The molecule has 0 spiro atoms. The number of alkyl halides is 1. The van der Waals surface area contributed by atoms with Gasteiger partial charge in [-0.25, -0.2) is 9.29 Å². The molecule has 4 heteroatoms. The van der Waals surface area contributed by atoms with Gasteiger partial charge in [0, 0.05) is 26.2 Å². The van der Waals surface area contributed by atoms with Crippen LogP contribution in [0.3, 0.4) is 0 Å². The molecule has 1 fully saturated rings. The molecular weight excluding hydrogens is 229 g/mol. The van der Waals surface area contributed by atoms with Crippen molar-refractivity contribution in [1.29, 1.82) is 0 Å². The molecule has 1 N–H and O–H groups in total. The number of piperazine rings is 1. The molecular formula is C14H20FN3. The van der Waals surface area contributed by atoms with Crippen LogP contribution in [0.2, 0.25) is 0 Å². The average Bonchev–Trinajstić information content (AvgIpc) is 2.83. The van der Waals surface area contributed by atoms with Gasteiger partial charge in [0.15, 0.2) is 0 Å². The van der Waals surface area contributed by atoms with Gasteiger partial charge in [-0.2, -0.15) is 0 Å². The van der Waals surface area contributed by atoms with E-state index in [1.807, 2.05) is 28.9 Å². The van der Waals surface area contributed by atoms with E-state index in [1.165, 1.54) is 11.1 Å². The van der Waals surface area contributed by atoms with Crippen LogP contribution in [0, 0.1) is 0 Å². The van der Waals surface area contributed by atoms with E-state index < -0.39 is 5.92 Å². The Balaban J connectivity index is 1.83.